The predicted molar refractivity (Wildman–Crippen MR) is 104 cm³/mol. The molecule has 4 rings (SSSR count). The van der Waals surface area contributed by atoms with Crippen LogP contribution in [0.25, 0.3) is 0 Å². The summed E-state index contributed by atoms with van der Waals surface area (Å²) in [6.07, 6.45) is 0.649. The van der Waals surface area contributed by atoms with Crippen molar-refractivity contribution in [2.75, 3.05) is 10.2 Å². The molecule has 1 aliphatic rings. The summed E-state index contributed by atoms with van der Waals surface area (Å²) in [5.74, 6) is -0.436. The molecule has 0 spiro atoms. The maximum Gasteiger partial charge on any atom is 0.311 e. The molecule has 1 atom stereocenters. The van der Waals surface area contributed by atoms with Crippen LogP contribution in [0.5, 0.6) is 5.75 Å². The Hall–Kier alpha value is -3.65. The number of halogens is 1. The maximum atomic E-state index is 13.2. The van der Waals surface area contributed by atoms with Crippen molar-refractivity contribution in [3.63, 3.8) is 0 Å². The van der Waals surface area contributed by atoms with Crippen molar-refractivity contribution in [1.29, 1.82) is 0 Å². The van der Waals surface area contributed by atoms with Crippen molar-refractivity contribution in [3.05, 3.63) is 87.1 Å². The van der Waals surface area contributed by atoms with Crippen molar-refractivity contribution in [2.45, 2.75) is 6.17 Å². The van der Waals surface area contributed by atoms with Crippen LogP contribution in [0.15, 0.2) is 60.8 Å². The molecule has 28 heavy (non-hydrogen) atoms. The number of aromatic nitrogens is 1. The van der Waals surface area contributed by atoms with Crippen molar-refractivity contribution in [2.24, 2.45) is 0 Å². The Labute approximate surface area is 164 Å². The van der Waals surface area contributed by atoms with Crippen LogP contribution in [0.3, 0.4) is 0 Å². The number of nitrogens with zero attached hydrogens (tertiary/aromatic N) is 3. The number of phenolic OH excluding ortho intramolecular Hbond substituents is 1. The lowest BCUT2D eigenvalue weighted by atomic mass is 10.0. The Balaban J connectivity index is 1.87. The van der Waals surface area contributed by atoms with E-state index in [2.05, 4.69) is 10.3 Å². The minimum Gasteiger partial charge on any atom is -0.502 e. The van der Waals surface area contributed by atoms with Gasteiger partial charge in [-0.3, -0.25) is 19.8 Å². The number of amides is 1. The molecule has 3 aromatic rings. The second-order valence-electron chi connectivity index (χ2n) is 6.11. The Bertz CT molecular complexity index is 1090. The minimum atomic E-state index is -0.768. The lowest BCUT2D eigenvalue weighted by molar-refractivity contribution is -0.385. The zero-order valence-corrected chi connectivity index (χ0v) is 15.0. The molecule has 1 amide bonds. The van der Waals surface area contributed by atoms with Gasteiger partial charge in [-0.2, -0.15) is 0 Å². The minimum absolute atomic E-state index is 0.315. The SMILES string of the molecule is O=C1c2ccccc2N[C@H](c2ccc(O)c([N+](=O)[O-])c2)N1c1ccc(Cl)cn1. The third-order valence-corrected chi connectivity index (χ3v) is 4.62. The molecule has 9 heteroatoms. The third kappa shape index (κ3) is 2.99. The number of carbonyl (C=O) groups is 1. The second-order valence-corrected chi connectivity index (χ2v) is 6.54. The molecule has 0 bridgehead atoms. The number of para-hydroxylation sites is 1. The van der Waals surface area contributed by atoms with Gasteiger partial charge in [0.15, 0.2) is 5.75 Å². The van der Waals surface area contributed by atoms with Gasteiger partial charge in [0.2, 0.25) is 0 Å². The van der Waals surface area contributed by atoms with E-state index in [9.17, 15) is 20.0 Å². The van der Waals surface area contributed by atoms with Gasteiger partial charge in [0, 0.05) is 23.5 Å². The van der Waals surface area contributed by atoms with Gasteiger partial charge in [0.25, 0.3) is 5.91 Å². The number of pyridine rings is 1. The Morgan fingerprint density at radius 1 is 1.18 bits per heavy atom. The average Bonchev–Trinajstić information content (AvgIpc) is 2.69. The number of aromatic hydroxyl groups is 1. The summed E-state index contributed by atoms with van der Waals surface area (Å²) in [7, 11) is 0. The number of nitro benzene ring substituents is 1. The molecule has 2 N–H and O–H groups in total. The summed E-state index contributed by atoms with van der Waals surface area (Å²) in [6, 6.07) is 14.1. The zero-order valence-electron chi connectivity index (χ0n) is 14.2. The van der Waals surface area contributed by atoms with E-state index in [0.29, 0.717) is 27.7 Å². The standard InChI is InChI=1S/C19H13ClN4O4/c20-12-6-8-17(21-10-12)23-18(11-5-7-16(25)15(9-11)24(27)28)22-14-4-2-1-3-13(14)19(23)26/h1-10,18,22,25H/t18-/m0/s1. The summed E-state index contributed by atoms with van der Waals surface area (Å²) < 4.78 is 0. The largest absolute Gasteiger partial charge is 0.502 e. The average molecular weight is 397 g/mol. The lowest BCUT2D eigenvalue weighted by Crippen LogP contribution is -2.43. The molecule has 1 aromatic heterocycles. The number of nitrogens with one attached hydrogen (secondary N) is 1. The highest BCUT2D eigenvalue weighted by Gasteiger charge is 2.35. The first-order valence-corrected chi connectivity index (χ1v) is 8.61. The van der Waals surface area contributed by atoms with Crippen molar-refractivity contribution < 1.29 is 14.8 Å². The molecule has 0 fully saturated rings. The summed E-state index contributed by atoms with van der Waals surface area (Å²) in [5, 5.41) is 24.6. The molecular weight excluding hydrogens is 384 g/mol. The Kier molecular flexibility index (Phi) is 4.32. The molecule has 2 aromatic carbocycles. The van der Waals surface area contributed by atoms with Gasteiger partial charge in [0.05, 0.1) is 15.5 Å². The first kappa shape index (κ1) is 17.7. The number of benzene rings is 2. The van der Waals surface area contributed by atoms with Crippen LogP contribution in [0, 0.1) is 10.1 Å². The van der Waals surface area contributed by atoms with Gasteiger partial charge >= 0.3 is 5.69 Å². The summed E-state index contributed by atoms with van der Waals surface area (Å²) in [4.78, 5) is 29.4. The summed E-state index contributed by atoms with van der Waals surface area (Å²) in [6.45, 7) is 0. The molecule has 140 valence electrons. The molecule has 8 nitrogen and oxygen atoms in total. The molecule has 1 aliphatic heterocycles. The summed E-state index contributed by atoms with van der Waals surface area (Å²) >= 11 is 5.91. The fourth-order valence-electron chi connectivity index (χ4n) is 3.09. The smallest absolute Gasteiger partial charge is 0.311 e. The van der Waals surface area contributed by atoms with E-state index < -0.39 is 22.5 Å². The second kappa shape index (κ2) is 6.82. The predicted octanol–water partition coefficient (Wildman–Crippen LogP) is 4.12. The summed E-state index contributed by atoms with van der Waals surface area (Å²) in [5.41, 5.74) is 1.01. The highest BCUT2D eigenvalue weighted by atomic mass is 35.5. The monoisotopic (exact) mass is 396 g/mol. The molecule has 0 saturated carbocycles. The fraction of sp³-hybridized carbons (Fsp3) is 0.0526. The van der Waals surface area contributed by atoms with Crippen molar-refractivity contribution in [1.82, 2.24) is 4.98 Å². The van der Waals surface area contributed by atoms with E-state index in [1.54, 1.807) is 36.4 Å². The first-order chi connectivity index (χ1) is 13.5. The van der Waals surface area contributed by atoms with Crippen LogP contribution in [0.4, 0.5) is 17.2 Å². The van der Waals surface area contributed by atoms with Crippen LogP contribution in [-0.2, 0) is 0 Å². The van der Waals surface area contributed by atoms with E-state index in [1.165, 1.54) is 29.3 Å². The normalized spacial score (nSPS) is 15.7. The van der Waals surface area contributed by atoms with Gasteiger partial charge in [0.1, 0.15) is 12.0 Å². The third-order valence-electron chi connectivity index (χ3n) is 4.40. The number of hydrogen-bond acceptors (Lipinski definition) is 6. The Morgan fingerprint density at radius 2 is 1.96 bits per heavy atom. The number of nitro groups is 1. The molecule has 0 radical (unpaired) electrons. The van der Waals surface area contributed by atoms with E-state index in [-0.39, 0.29) is 5.91 Å². The zero-order chi connectivity index (χ0) is 19.8. The van der Waals surface area contributed by atoms with Crippen molar-refractivity contribution in [3.8, 4) is 5.75 Å². The fourth-order valence-corrected chi connectivity index (χ4v) is 3.20. The number of rotatable bonds is 3. The van der Waals surface area contributed by atoms with E-state index >= 15 is 0 Å². The van der Waals surface area contributed by atoms with E-state index in [1.807, 2.05) is 0 Å². The van der Waals surface area contributed by atoms with Gasteiger partial charge in [-0.15, -0.1) is 0 Å². The van der Waals surface area contributed by atoms with Crippen LogP contribution in [-0.4, -0.2) is 20.9 Å². The van der Waals surface area contributed by atoms with Gasteiger partial charge in [-0.05, 0) is 30.3 Å². The van der Waals surface area contributed by atoms with Crippen LogP contribution >= 0.6 is 11.6 Å². The van der Waals surface area contributed by atoms with Crippen LogP contribution in [0.2, 0.25) is 5.02 Å². The lowest BCUT2D eigenvalue weighted by Gasteiger charge is -2.37. The van der Waals surface area contributed by atoms with Gasteiger partial charge in [-0.1, -0.05) is 29.8 Å². The van der Waals surface area contributed by atoms with Crippen LogP contribution < -0.4 is 10.2 Å². The molecule has 0 unspecified atom stereocenters. The number of hydrogen-bond donors (Lipinski definition) is 2. The van der Waals surface area contributed by atoms with Crippen molar-refractivity contribution >= 4 is 34.7 Å². The Morgan fingerprint density at radius 3 is 2.68 bits per heavy atom. The molecule has 0 aliphatic carbocycles. The van der Waals surface area contributed by atoms with E-state index in [0.717, 1.165) is 0 Å². The van der Waals surface area contributed by atoms with E-state index in [4.69, 9.17) is 11.6 Å². The number of phenols is 1. The molecule has 2 heterocycles. The van der Waals surface area contributed by atoms with Gasteiger partial charge in [-0.25, -0.2) is 4.98 Å². The van der Waals surface area contributed by atoms with Gasteiger partial charge < -0.3 is 10.4 Å². The topological polar surface area (TPSA) is 109 Å². The number of anilines is 2. The highest BCUT2D eigenvalue weighted by molar-refractivity contribution is 6.30. The number of carbonyl (C=O) groups excluding carboxylic acids is 1. The quantitative estimate of drug-likeness (QED) is 0.509. The first-order valence-electron chi connectivity index (χ1n) is 8.23. The molecule has 0 saturated heterocycles. The molecular formula is C19H13ClN4O4. The maximum absolute atomic E-state index is 13.2. The van der Waals surface area contributed by atoms with Crippen LogP contribution in [0.1, 0.15) is 22.1 Å². The number of fused-ring (bicyclic) bond motifs is 1. The highest BCUT2D eigenvalue weighted by Crippen LogP contribution is 2.38.